The Hall–Kier alpha value is -3.25. The molecule has 2 N–H and O–H groups in total. The first-order valence-electron chi connectivity index (χ1n) is 10.9. The number of hydrogen-bond acceptors (Lipinski definition) is 5. The van der Waals surface area contributed by atoms with Gasteiger partial charge in [0.25, 0.3) is 0 Å². The largest absolute Gasteiger partial charge is 0.392 e. The quantitative estimate of drug-likeness (QED) is 0.418. The van der Waals surface area contributed by atoms with Gasteiger partial charge in [0.05, 0.1) is 23.7 Å². The average molecular weight is 416 g/mol. The van der Waals surface area contributed by atoms with Crippen molar-refractivity contribution in [3.05, 3.63) is 66.0 Å². The zero-order valence-corrected chi connectivity index (χ0v) is 18.3. The van der Waals surface area contributed by atoms with Crippen molar-refractivity contribution in [2.75, 3.05) is 5.32 Å². The van der Waals surface area contributed by atoms with Crippen LogP contribution in [-0.4, -0.2) is 30.5 Å². The third kappa shape index (κ3) is 4.44. The summed E-state index contributed by atoms with van der Waals surface area (Å²) in [6.45, 7) is 6.45. The zero-order valence-electron chi connectivity index (χ0n) is 18.3. The summed E-state index contributed by atoms with van der Waals surface area (Å²) in [5.74, 6) is 0.618. The maximum Gasteiger partial charge on any atom is 0.223 e. The average Bonchev–Trinajstić information content (AvgIpc) is 3.18. The predicted octanol–water partition coefficient (Wildman–Crippen LogP) is 5.11. The van der Waals surface area contributed by atoms with Crippen LogP contribution in [0.2, 0.25) is 0 Å². The summed E-state index contributed by atoms with van der Waals surface area (Å²) in [6.07, 6.45) is 6.89. The fourth-order valence-corrected chi connectivity index (χ4v) is 3.82. The number of nitrogens with one attached hydrogen (secondary N) is 1. The molecule has 0 saturated carbocycles. The number of anilines is 1. The number of aliphatic hydroxyl groups excluding tert-OH is 1. The standard InChI is InChI=1S/C25H29N5O/c1-4-6-17(3)27-25-26-13-11-21(28-25)24-23(20-9-7-18(5-2)8-10-20)29-22-15-19(16-31)12-14-30(22)24/h7-15,17,31H,4-6,16H2,1-3H3,(H,26,27,28). The lowest BCUT2D eigenvalue weighted by Crippen LogP contribution is -2.16. The number of fused-ring (bicyclic) bond motifs is 1. The SMILES string of the molecule is CCCC(C)Nc1nccc(-c2c(-c3ccc(CC)cc3)nc3cc(CO)ccn23)n1. The van der Waals surface area contributed by atoms with Gasteiger partial charge in [-0.25, -0.2) is 15.0 Å². The van der Waals surface area contributed by atoms with E-state index in [4.69, 9.17) is 9.97 Å². The lowest BCUT2D eigenvalue weighted by Gasteiger charge is -2.13. The van der Waals surface area contributed by atoms with Crippen LogP contribution in [0.4, 0.5) is 5.95 Å². The van der Waals surface area contributed by atoms with E-state index in [0.29, 0.717) is 12.0 Å². The van der Waals surface area contributed by atoms with Gasteiger partial charge < -0.3 is 10.4 Å². The molecule has 0 aliphatic heterocycles. The maximum atomic E-state index is 9.56. The Morgan fingerprint density at radius 2 is 1.84 bits per heavy atom. The topological polar surface area (TPSA) is 75.3 Å². The molecule has 31 heavy (non-hydrogen) atoms. The molecular formula is C25H29N5O. The first kappa shape index (κ1) is 21.0. The molecule has 0 saturated heterocycles. The van der Waals surface area contributed by atoms with Crippen molar-refractivity contribution in [1.82, 2.24) is 19.4 Å². The molecule has 4 rings (SSSR count). The van der Waals surface area contributed by atoms with Gasteiger partial charge in [0, 0.05) is 24.0 Å². The van der Waals surface area contributed by atoms with Crippen molar-refractivity contribution in [3.8, 4) is 22.6 Å². The van der Waals surface area contributed by atoms with E-state index in [1.807, 2.05) is 28.8 Å². The fraction of sp³-hybridized carbons (Fsp3) is 0.320. The second-order valence-electron chi connectivity index (χ2n) is 7.88. The second-order valence-corrected chi connectivity index (χ2v) is 7.88. The zero-order chi connectivity index (χ0) is 21.8. The van der Waals surface area contributed by atoms with Crippen molar-refractivity contribution in [2.45, 2.75) is 52.7 Å². The summed E-state index contributed by atoms with van der Waals surface area (Å²) < 4.78 is 2.03. The van der Waals surface area contributed by atoms with Crippen LogP contribution in [0.1, 0.15) is 44.7 Å². The number of nitrogens with zero attached hydrogens (tertiary/aromatic N) is 4. The Kier molecular flexibility index (Phi) is 6.28. The number of rotatable bonds is 8. The molecule has 0 spiro atoms. The highest BCUT2D eigenvalue weighted by Crippen LogP contribution is 2.32. The van der Waals surface area contributed by atoms with Gasteiger partial charge in [0.1, 0.15) is 5.65 Å². The third-order valence-electron chi connectivity index (χ3n) is 5.50. The van der Waals surface area contributed by atoms with Crippen LogP contribution in [0.15, 0.2) is 54.9 Å². The van der Waals surface area contributed by atoms with E-state index < -0.39 is 0 Å². The van der Waals surface area contributed by atoms with Crippen LogP contribution in [0.3, 0.4) is 0 Å². The van der Waals surface area contributed by atoms with Gasteiger partial charge in [-0.3, -0.25) is 4.40 Å². The Bertz CT molecular complexity index is 1170. The van der Waals surface area contributed by atoms with E-state index in [1.54, 1.807) is 6.20 Å². The molecule has 4 aromatic rings. The van der Waals surface area contributed by atoms with Gasteiger partial charge in [-0.2, -0.15) is 0 Å². The van der Waals surface area contributed by atoms with Crippen molar-refractivity contribution in [1.29, 1.82) is 0 Å². The minimum atomic E-state index is -0.0177. The Labute approximate surface area is 183 Å². The van der Waals surface area contributed by atoms with Gasteiger partial charge >= 0.3 is 0 Å². The van der Waals surface area contributed by atoms with E-state index in [0.717, 1.165) is 53.1 Å². The highest BCUT2D eigenvalue weighted by molar-refractivity contribution is 5.81. The van der Waals surface area contributed by atoms with E-state index in [1.165, 1.54) is 5.56 Å². The molecule has 1 aromatic carbocycles. The van der Waals surface area contributed by atoms with Crippen LogP contribution in [0.25, 0.3) is 28.3 Å². The van der Waals surface area contributed by atoms with Gasteiger partial charge in [-0.15, -0.1) is 0 Å². The van der Waals surface area contributed by atoms with E-state index in [9.17, 15) is 5.11 Å². The van der Waals surface area contributed by atoms with Crippen molar-refractivity contribution in [3.63, 3.8) is 0 Å². The number of hydrogen-bond donors (Lipinski definition) is 2. The molecule has 1 unspecified atom stereocenters. The summed E-state index contributed by atoms with van der Waals surface area (Å²) in [6, 6.07) is 14.5. The molecule has 3 aromatic heterocycles. The molecule has 6 nitrogen and oxygen atoms in total. The Morgan fingerprint density at radius 1 is 1.03 bits per heavy atom. The highest BCUT2D eigenvalue weighted by Gasteiger charge is 2.18. The number of pyridine rings is 1. The number of imidazole rings is 1. The second kappa shape index (κ2) is 9.27. The fourth-order valence-electron chi connectivity index (χ4n) is 3.82. The number of aromatic nitrogens is 4. The Balaban J connectivity index is 1.85. The molecule has 160 valence electrons. The van der Waals surface area contributed by atoms with Gasteiger partial charge in [0.15, 0.2) is 0 Å². The molecule has 3 heterocycles. The van der Waals surface area contributed by atoms with Gasteiger partial charge in [0.2, 0.25) is 5.95 Å². The lowest BCUT2D eigenvalue weighted by atomic mass is 10.1. The minimum Gasteiger partial charge on any atom is -0.392 e. The molecular weight excluding hydrogens is 386 g/mol. The number of aliphatic hydroxyl groups is 1. The predicted molar refractivity (Wildman–Crippen MR) is 125 cm³/mol. The van der Waals surface area contributed by atoms with Crippen LogP contribution >= 0.6 is 0 Å². The first-order valence-corrected chi connectivity index (χ1v) is 10.9. The molecule has 1 atom stereocenters. The van der Waals surface area contributed by atoms with Crippen LogP contribution in [-0.2, 0) is 13.0 Å². The van der Waals surface area contributed by atoms with Gasteiger partial charge in [-0.05, 0) is 49.1 Å². The van der Waals surface area contributed by atoms with Crippen molar-refractivity contribution >= 4 is 11.6 Å². The summed E-state index contributed by atoms with van der Waals surface area (Å²) in [4.78, 5) is 14.2. The minimum absolute atomic E-state index is 0.0177. The summed E-state index contributed by atoms with van der Waals surface area (Å²) >= 11 is 0. The van der Waals surface area contributed by atoms with Crippen LogP contribution in [0.5, 0.6) is 0 Å². The first-order chi connectivity index (χ1) is 15.1. The molecule has 0 bridgehead atoms. The van der Waals surface area contributed by atoms with E-state index in [-0.39, 0.29) is 6.61 Å². The Morgan fingerprint density at radius 3 is 2.55 bits per heavy atom. The highest BCUT2D eigenvalue weighted by atomic mass is 16.3. The molecule has 0 amide bonds. The number of benzene rings is 1. The summed E-state index contributed by atoms with van der Waals surface area (Å²) in [5, 5.41) is 13.0. The van der Waals surface area contributed by atoms with E-state index in [2.05, 4.69) is 55.3 Å². The third-order valence-corrected chi connectivity index (χ3v) is 5.50. The molecule has 0 aliphatic rings. The maximum absolute atomic E-state index is 9.56. The normalized spacial score (nSPS) is 12.3. The smallest absolute Gasteiger partial charge is 0.223 e. The van der Waals surface area contributed by atoms with Gasteiger partial charge in [-0.1, -0.05) is 44.5 Å². The molecule has 0 aliphatic carbocycles. The van der Waals surface area contributed by atoms with E-state index >= 15 is 0 Å². The van der Waals surface area contributed by atoms with Crippen molar-refractivity contribution in [2.24, 2.45) is 0 Å². The summed E-state index contributed by atoms with van der Waals surface area (Å²) in [5.41, 5.74) is 6.52. The molecule has 6 heteroatoms. The van der Waals surface area contributed by atoms with Crippen LogP contribution < -0.4 is 5.32 Å². The van der Waals surface area contributed by atoms with Crippen molar-refractivity contribution < 1.29 is 5.11 Å². The molecule has 0 radical (unpaired) electrons. The lowest BCUT2D eigenvalue weighted by molar-refractivity contribution is 0.282. The molecule has 0 fully saturated rings. The number of aryl methyl sites for hydroxylation is 1. The van der Waals surface area contributed by atoms with Crippen LogP contribution in [0, 0.1) is 0 Å². The summed E-state index contributed by atoms with van der Waals surface area (Å²) in [7, 11) is 0. The monoisotopic (exact) mass is 415 g/mol.